The number of hydrogen-bond donors (Lipinski definition) is 2. The largest absolute Gasteiger partial charge is 0.487 e. The zero-order chi connectivity index (χ0) is 26.5. The molecule has 38 heavy (non-hydrogen) atoms. The first kappa shape index (κ1) is 27.8. The third-order valence-electron chi connectivity index (χ3n) is 8.36. The fourth-order valence-corrected chi connectivity index (χ4v) is 6.04. The first-order valence-corrected chi connectivity index (χ1v) is 13.4. The van der Waals surface area contributed by atoms with Gasteiger partial charge in [-0.1, -0.05) is 7.43 Å². The van der Waals surface area contributed by atoms with E-state index in [0.717, 1.165) is 54.5 Å². The van der Waals surface area contributed by atoms with Crippen molar-refractivity contribution in [3.05, 3.63) is 58.2 Å². The zero-order valence-corrected chi connectivity index (χ0v) is 23.1. The van der Waals surface area contributed by atoms with Crippen LogP contribution in [0.1, 0.15) is 89.7 Å². The van der Waals surface area contributed by atoms with E-state index in [9.17, 15) is 4.79 Å². The summed E-state index contributed by atoms with van der Waals surface area (Å²) in [5.74, 6) is 1.60. The number of carbonyl (C=O) groups is 1. The molecule has 0 spiro atoms. The van der Waals surface area contributed by atoms with Gasteiger partial charge >= 0.3 is 0 Å². The number of ether oxygens (including phenoxy) is 1. The summed E-state index contributed by atoms with van der Waals surface area (Å²) < 4.78 is 8.25. The SMILES string of the molecule is C.CC(C=O)N[C@H]1CC[C@@H](c2cnc3cnc4[nH]ccc4n23)C1.Cc1c(C)c(C)c2c(c1C)CC(C)(C)O2.[HH].[HH]. The number of carbonyl (C=O) groups excluding carboxylic acids is 1. The Balaban J connectivity index is 0.000000277. The molecule has 2 N–H and O–H groups in total. The lowest BCUT2D eigenvalue weighted by Gasteiger charge is -2.18. The lowest BCUT2D eigenvalue weighted by Crippen LogP contribution is -2.35. The number of aromatic nitrogens is 4. The van der Waals surface area contributed by atoms with Crippen molar-refractivity contribution in [1.82, 2.24) is 24.7 Å². The number of aldehydes is 1. The molecule has 4 aromatic rings. The van der Waals surface area contributed by atoms with Gasteiger partial charge in [-0.15, -0.1) is 0 Å². The molecule has 0 radical (unpaired) electrons. The summed E-state index contributed by atoms with van der Waals surface area (Å²) in [6.07, 6.45) is 10.9. The van der Waals surface area contributed by atoms with E-state index in [0.29, 0.717) is 12.0 Å². The van der Waals surface area contributed by atoms with Crippen LogP contribution in [0.25, 0.3) is 16.8 Å². The first-order chi connectivity index (χ1) is 17.6. The molecule has 2 aliphatic rings. The second-order valence-electron chi connectivity index (χ2n) is 11.5. The van der Waals surface area contributed by atoms with E-state index in [-0.39, 0.29) is 21.9 Å². The van der Waals surface area contributed by atoms with Crippen molar-refractivity contribution in [2.75, 3.05) is 0 Å². The van der Waals surface area contributed by atoms with Crippen molar-refractivity contribution in [1.29, 1.82) is 0 Å². The van der Waals surface area contributed by atoms with Gasteiger partial charge in [0.15, 0.2) is 11.3 Å². The van der Waals surface area contributed by atoms with E-state index in [4.69, 9.17) is 4.74 Å². The molecule has 208 valence electrons. The van der Waals surface area contributed by atoms with E-state index in [1.807, 2.05) is 31.6 Å². The maximum Gasteiger partial charge on any atom is 0.156 e. The number of nitrogens with zero attached hydrogens (tertiary/aromatic N) is 3. The van der Waals surface area contributed by atoms with E-state index < -0.39 is 0 Å². The number of hydrogen-bond acceptors (Lipinski definition) is 5. The molecule has 7 nitrogen and oxygen atoms in total. The molecule has 7 heteroatoms. The Morgan fingerprint density at radius 1 is 1.13 bits per heavy atom. The van der Waals surface area contributed by atoms with E-state index >= 15 is 0 Å². The minimum absolute atomic E-state index is 0. The predicted octanol–water partition coefficient (Wildman–Crippen LogP) is 6.79. The summed E-state index contributed by atoms with van der Waals surface area (Å²) in [5.41, 5.74) is 11.0. The number of rotatable bonds is 4. The highest BCUT2D eigenvalue weighted by Crippen LogP contribution is 2.42. The zero-order valence-electron chi connectivity index (χ0n) is 23.1. The summed E-state index contributed by atoms with van der Waals surface area (Å²) in [7, 11) is 0. The fourth-order valence-electron chi connectivity index (χ4n) is 6.04. The first-order valence-electron chi connectivity index (χ1n) is 13.4. The van der Waals surface area contributed by atoms with Crippen molar-refractivity contribution in [2.24, 2.45) is 0 Å². The van der Waals surface area contributed by atoms with Gasteiger partial charge in [0, 0.05) is 44.9 Å². The molecule has 0 amide bonds. The quantitative estimate of drug-likeness (QED) is 0.289. The molecule has 1 fully saturated rings. The van der Waals surface area contributed by atoms with Crippen LogP contribution in [0.15, 0.2) is 24.7 Å². The van der Waals surface area contributed by atoms with E-state index in [1.165, 1.54) is 33.5 Å². The van der Waals surface area contributed by atoms with Gasteiger partial charge in [0.25, 0.3) is 0 Å². The van der Waals surface area contributed by atoms with Crippen LogP contribution in [0.4, 0.5) is 0 Å². The predicted molar refractivity (Wildman–Crippen MR) is 159 cm³/mol. The molecular formula is C31H47N5O2. The molecule has 6 rings (SSSR count). The number of imidazole rings is 1. The Bertz CT molecular complexity index is 1440. The van der Waals surface area contributed by atoms with E-state index in [2.05, 4.69) is 66.2 Å². The number of fused-ring (bicyclic) bond motifs is 4. The Morgan fingerprint density at radius 2 is 1.87 bits per heavy atom. The average Bonchev–Trinajstić information content (AvgIpc) is 3.65. The van der Waals surface area contributed by atoms with Crippen LogP contribution in [0.3, 0.4) is 0 Å². The summed E-state index contributed by atoms with van der Waals surface area (Å²) in [6, 6.07) is 2.37. The Hall–Kier alpha value is -3.19. The van der Waals surface area contributed by atoms with Crippen molar-refractivity contribution in [3.63, 3.8) is 0 Å². The van der Waals surface area contributed by atoms with Crippen LogP contribution in [0.5, 0.6) is 5.75 Å². The molecule has 0 saturated heterocycles. The molecule has 4 heterocycles. The minimum Gasteiger partial charge on any atom is -0.487 e. The highest BCUT2D eigenvalue weighted by atomic mass is 16.5. The Kier molecular flexibility index (Phi) is 7.71. The lowest BCUT2D eigenvalue weighted by molar-refractivity contribution is -0.109. The van der Waals surface area contributed by atoms with Gasteiger partial charge in [-0.25, -0.2) is 9.97 Å². The van der Waals surface area contributed by atoms with Crippen molar-refractivity contribution < 1.29 is 12.4 Å². The normalized spacial score (nSPS) is 20.4. The van der Waals surface area contributed by atoms with Crippen LogP contribution in [0, 0.1) is 27.7 Å². The topological polar surface area (TPSA) is 84.3 Å². The Morgan fingerprint density at radius 3 is 2.61 bits per heavy atom. The van der Waals surface area contributed by atoms with Crippen LogP contribution in [-0.4, -0.2) is 43.3 Å². The highest BCUT2D eigenvalue weighted by Gasteiger charge is 2.33. The highest BCUT2D eigenvalue weighted by molar-refractivity contribution is 5.74. The molecular weight excluding hydrogens is 474 g/mol. The van der Waals surface area contributed by atoms with Gasteiger partial charge < -0.3 is 19.8 Å². The maximum atomic E-state index is 10.8. The minimum atomic E-state index is -0.0773. The van der Waals surface area contributed by atoms with Crippen LogP contribution >= 0.6 is 0 Å². The number of nitrogens with one attached hydrogen (secondary N) is 2. The van der Waals surface area contributed by atoms with Crippen molar-refractivity contribution >= 4 is 23.1 Å². The van der Waals surface area contributed by atoms with Gasteiger partial charge in [-0.2, -0.15) is 0 Å². The fraction of sp³-hybridized carbons (Fsp3) is 0.516. The van der Waals surface area contributed by atoms with Gasteiger partial charge in [0.2, 0.25) is 0 Å². The maximum absolute atomic E-state index is 10.8. The van der Waals surface area contributed by atoms with Crippen molar-refractivity contribution in [3.8, 4) is 5.75 Å². The molecule has 3 aromatic heterocycles. The smallest absolute Gasteiger partial charge is 0.156 e. The molecule has 1 unspecified atom stereocenters. The van der Waals surface area contributed by atoms with Crippen LogP contribution in [-0.2, 0) is 11.2 Å². The van der Waals surface area contributed by atoms with E-state index in [1.54, 1.807) is 0 Å². The van der Waals surface area contributed by atoms with Crippen molar-refractivity contribution in [2.45, 2.75) is 105 Å². The summed E-state index contributed by atoms with van der Waals surface area (Å²) in [5, 5.41) is 3.38. The molecule has 1 aliphatic carbocycles. The Labute approximate surface area is 229 Å². The summed E-state index contributed by atoms with van der Waals surface area (Å²) in [6.45, 7) is 15.0. The second-order valence-corrected chi connectivity index (χ2v) is 11.5. The third-order valence-corrected chi connectivity index (χ3v) is 8.36. The molecule has 1 aromatic carbocycles. The second kappa shape index (κ2) is 10.5. The number of benzene rings is 1. The van der Waals surface area contributed by atoms with Crippen LogP contribution < -0.4 is 10.1 Å². The molecule has 1 saturated carbocycles. The van der Waals surface area contributed by atoms with Crippen LogP contribution in [0.2, 0.25) is 0 Å². The molecule has 0 bridgehead atoms. The van der Waals surface area contributed by atoms with Gasteiger partial charge in [0.05, 0.1) is 17.8 Å². The van der Waals surface area contributed by atoms with Gasteiger partial charge in [0.1, 0.15) is 17.6 Å². The van der Waals surface area contributed by atoms with Gasteiger partial charge in [-0.3, -0.25) is 4.40 Å². The molecule has 3 atom stereocenters. The number of H-pyrrole nitrogens is 1. The monoisotopic (exact) mass is 521 g/mol. The lowest BCUT2D eigenvalue weighted by atomic mass is 9.90. The summed E-state index contributed by atoms with van der Waals surface area (Å²) >= 11 is 0. The molecule has 1 aliphatic heterocycles. The third kappa shape index (κ3) is 4.96. The standard InChI is InChI=1S/C16H19N5O.C14H20O.CH4.2H2/c1-10(9-22)20-12-3-2-11(6-12)14-7-18-15-8-19-16-13(21(14)15)4-5-17-16;1-8-9(2)11(4)13-12(10(8)3)7-14(5,6)15-13;;;/h4-5,7-12,17,20H,2-3,6H2,1H3;7H2,1-6H3;1H4;2*1H/t10?,11-,12+;;;;/m1..../s1. The number of aromatic amines is 1. The van der Waals surface area contributed by atoms with Gasteiger partial charge in [-0.05, 0) is 96.0 Å². The summed E-state index contributed by atoms with van der Waals surface area (Å²) in [4.78, 5) is 22.8. The average molecular weight is 522 g/mol.